The summed E-state index contributed by atoms with van der Waals surface area (Å²) in [7, 11) is 0. The number of hydrogen-bond donors (Lipinski definition) is 0. The molecule has 1 fully saturated rings. The third kappa shape index (κ3) is 4.90. The second-order valence-electron chi connectivity index (χ2n) is 6.23. The van der Waals surface area contributed by atoms with Crippen LogP contribution in [0, 0.1) is 11.8 Å². The molecule has 0 aromatic heterocycles. The second-order valence-corrected chi connectivity index (χ2v) is 6.79. The maximum absolute atomic E-state index is 6.38. The average molecular weight is 305 g/mol. The zero-order chi connectivity index (χ0) is 12.9. The molecule has 1 nitrogen and oxygen atoms in total. The quantitative estimate of drug-likeness (QED) is 0.615. The van der Waals surface area contributed by atoms with Crippen molar-refractivity contribution in [2.45, 2.75) is 77.9 Å². The molecule has 1 rings (SSSR count). The Kier molecular flexibility index (Phi) is 6.50. The SMILES string of the molecule is CCC1CCC(CBr)(OC(C)CC(C)C)CC1. The van der Waals surface area contributed by atoms with Gasteiger partial charge in [0, 0.05) is 5.33 Å². The lowest BCUT2D eigenvalue weighted by molar-refractivity contribution is -0.103. The first-order valence-corrected chi connectivity index (χ1v) is 8.37. The van der Waals surface area contributed by atoms with Gasteiger partial charge in [-0.15, -0.1) is 0 Å². The van der Waals surface area contributed by atoms with E-state index in [0.717, 1.165) is 17.2 Å². The number of ether oxygens (including phenoxy) is 1. The van der Waals surface area contributed by atoms with E-state index in [4.69, 9.17) is 4.74 Å². The molecule has 0 saturated heterocycles. The average Bonchev–Trinajstić information content (AvgIpc) is 2.29. The van der Waals surface area contributed by atoms with Crippen LogP contribution >= 0.6 is 15.9 Å². The van der Waals surface area contributed by atoms with Crippen LogP contribution in [0.3, 0.4) is 0 Å². The van der Waals surface area contributed by atoms with E-state index in [0.29, 0.717) is 6.10 Å². The van der Waals surface area contributed by atoms with Gasteiger partial charge in [0.25, 0.3) is 0 Å². The normalized spacial score (nSPS) is 31.8. The highest BCUT2D eigenvalue weighted by molar-refractivity contribution is 9.09. The van der Waals surface area contributed by atoms with E-state index < -0.39 is 0 Å². The molecule has 1 saturated carbocycles. The van der Waals surface area contributed by atoms with E-state index in [1.54, 1.807) is 0 Å². The van der Waals surface area contributed by atoms with E-state index in [-0.39, 0.29) is 5.60 Å². The summed E-state index contributed by atoms with van der Waals surface area (Å²) in [6.45, 7) is 9.09. The Morgan fingerprint density at radius 1 is 1.24 bits per heavy atom. The molecule has 1 aliphatic carbocycles. The Balaban J connectivity index is 2.47. The third-order valence-electron chi connectivity index (χ3n) is 4.09. The Hall–Kier alpha value is 0.440. The summed E-state index contributed by atoms with van der Waals surface area (Å²) in [4.78, 5) is 0. The van der Waals surface area contributed by atoms with Gasteiger partial charge in [0.05, 0.1) is 11.7 Å². The van der Waals surface area contributed by atoms with Crippen LogP contribution in [0.15, 0.2) is 0 Å². The van der Waals surface area contributed by atoms with Crippen LogP contribution in [-0.4, -0.2) is 17.0 Å². The molecule has 0 aromatic rings. The first-order chi connectivity index (χ1) is 8.01. The van der Waals surface area contributed by atoms with Crippen molar-refractivity contribution >= 4 is 15.9 Å². The minimum atomic E-state index is 0.125. The minimum absolute atomic E-state index is 0.125. The van der Waals surface area contributed by atoms with E-state index in [1.807, 2.05) is 0 Å². The number of halogens is 1. The molecule has 17 heavy (non-hydrogen) atoms. The fourth-order valence-electron chi connectivity index (χ4n) is 3.03. The van der Waals surface area contributed by atoms with Crippen molar-refractivity contribution in [1.82, 2.24) is 0 Å². The van der Waals surface area contributed by atoms with Crippen molar-refractivity contribution in [3.8, 4) is 0 Å². The van der Waals surface area contributed by atoms with Gasteiger partial charge in [-0.25, -0.2) is 0 Å². The van der Waals surface area contributed by atoms with Gasteiger partial charge in [0.2, 0.25) is 0 Å². The van der Waals surface area contributed by atoms with Gasteiger partial charge < -0.3 is 4.74 Å². The molecule has 2 heteroatoms. The number of rotatable bonds is 6. The van der Waals surface area contributed by atoms with Gasteiger partial charge in [-0.2, -0.15) is 0 Å². The van der Waals surface area contributed by atoms with Crippen molar-refractivity contribution in [2.24, 2.45) is 11.8 Å². The van der Waals surface area contributed by atoms with Crippen molar-refractivity contribution in [1.29, 1.82) is 0 Å². The third-order valence-corrected chi connectivity index (χ3v) is 5.11. The zero-order valence-corrected chi connectivity index (χ0v) is 13.6. The van der Waals surface area contributed by atoms with Crippen LogP contribution in [0.25, 0.3) is 0 Å². The van der Waals surface area contributed by atoms with Crippen LogP contribution < -0.4 is 0 Å². The molecule has 0 aliphatic heterocycles. The molecule has 1 aliphatic rings. The van der Waals surface area contributed by atoms with Crippen LogP contribution in [0.4, 0.5) is 0 Å². The molecule has 0 amide bonds. The van der Waals surface area contributed by atoms with E-state index in [9.17, 15) is 0 Å². The summed E-state index contributed by atoms with van der Waals surface area (Å²) in [5.74, 6) is 1.66. The predicted octanol–water partition coefficient (Wildman–Crippen LogP) is 5.17. The molecule has 0 radical (unpaired) electrons. The first kappa shape index (κ1) is 15.5. The largest absolute Gasteiger partial charge is 0.371 e. The predicted molar refractivity (Wildman–Crippen MR) is 78.8 cm³/mol. The van der Waals surface area contributed by atoms with Crippen LogP contribution in [0.1, 0.15) is 66.2 Å². The molecule has 0 heterocycles. The summed E-state index contributed by atoms with van der Waals surface area (Å²) in [6.07, 6.45) is 8.06. The molecule has 0 spiro atoms. The van der Waals surface area contributed by atoms with Gasteiger partial charge >= 0.3 is 0 Å². The summed E-state index contributed by atoms with van der Waals surface area (Å²) >= 11 is 3.68. The lowest BCUT2D eigenvalue weighted by Crippen LogP contribution is -2.41. The summed E-state index contributed by atoms with van der Waals surface area (Å²) in [5.41, 5.74) is 0.125. The molecule has 1 atom stereocenters. The highest BCUT2D eigenvalue weighted by atomic mass is 79.9. The topological polar surface area (TPSA) is 9.23 Å². The highest BCUT2D eigenvalue weighted by Crippen LogP contribution is 2.38. The smallest absolute Gasteiger partial charge is 0.0782 e. The van der Waals surface area contributed by atoms with Crippen LogP contribution in [0.5, 0.6) is 0 Å². The molecule has 0 N–H and O–H groups in total. The monoisotopic (exact) mass is 304 g/mol. The van der Waals surface area contributed by atoms with Crippen molar-refractivity contribution in [3.05, 3.63) is 0 Å². The summed E-state index contributed by atoms with van der Waals surface area (Å²) < 4.78 is 6.38. The van der Waals surface area contributed by atoms with Crippen LogP contribution in [0.2, 0.25) is 0 Å². The minimum Gasteiger partial charge on any atom is -0.371 e. The first-order valence-electron chi connectivity index (χ1n) is 7.25. The fraction of sp³-hybridized carbons (Fsp3) is 1.00. The lowest BCUT2D eigenvalue weighted by atomic mass is 9.78. The molecule has 1 unspecified atom stereocenters. The van der Waals surface area contributed by atoms with Crippen molar-refractivity contribution < 1.29 is 4.74 Å². The van der Waals surface area contributed by atoms with Gasteiger partial charge in [-0.3, -0.25) is 0 Å². The lowest BCUT2D eigenvalue weighted by Gasteiger charge is -2.41. The van der Waals surface area contributed by atoms with Crippen LogP contribution in [-0.2, 0) is 4.74 Å². The standard InChI is InChI=1S/C15H29BrO/c1-5-14-6-8-15(11-16,9-7-14)17-13(4)10-12(2)3/h12-14H,5-11H2,1-4H3. The highest BCUT2D eigenvalue weighted by Gasteiger charge is 2.36. The fourth-order valence-corrected chi connectivity index (χ4v) is 3.73. The van der Waals surface area contributed by atoms with Gasteiger partial charge in [0.1, 0.15) is 0 Å². The van der Waals surface area contributed by atoms with Gasteiger partial charge in [-0.05, 0) is 50.9 Å². The second kappa shape index (κ2) is 7.13. The molecular formula is C15H29BrO. The maximum Gasteiger partial charge on any atom is 0.0782 e. The Labute approximate surface area is 116 Å². The number of alkyl halides is 1. The van der Waals surface area contributed by atoms with E-state index >= 15 is 0 Å². The number of hydrogen-bond acceptors (Lipinski definition) is 1. The summed E-state index contributed by atoms with van der Waals surface area (Å²) in [6, 6.07) is 0. The zero-order valence-electron chi connectivity index (χ0n) is 12.0. The molecule has 0 aromatic carbocycles. The Morgan fingerprint density at radius 2 is 1.82 bits per heavy atom. The molecular weight excluding hydrogens is 276 g/mol. The van der Waals surface area contributed by atoms with E-state index in [2.05, 4.69) is 43.6 Å². The summed E-state index contributed by atoms with van der Waals surface area (Å²) in [5, 5.41) is 0.999. The Morgan fingerprint density at radius 3 is 2.24 bits per heavy atom. The van der Waals surface area contributed by atoms with Gasteiger partial charge in [0.15, 0.2) is 0 Å². The van der Waals surface area contributed by atoms with E-state index in [1.165, 1.54) is 38.5 Å². The molecule has 0 bridgehead atoms. The maximum atomic E-state index is 6.38. The Bertz CT molecular complexity index is 207. The molecule has 102 valence electrons. The van der Waals surface area contributed by atoms with Crippen molar-refractivity contribution in [2.75, 3.05) is 5.33 Å². The van der Waals surface area contributed by atoms with Gasteiger partial charge in [-0.1, -0.05) is 43.1 Å². The van der Waals surface area contributed by atoms with Crippen molar-refractivity contribution in [3.63, 3.8) is 0 Å².